The largest absolute Gasteiger partial charge is 0.446 e. The summed E-state index contributed by atoms with van der Waals surface area (Å²) in [6.07, 6.45) is 9.43. The predicted octanol–water partition coefficient (Wildman–Crippen LogP) is 4.40. The van der Waals surface area contributed by atoms with Crippen molar-refractivity contribution in [2.75, 3.05) is 18.4 Å². The van der Waals surface area contributed by atoms with Gasteiger partial charge in [0, 0.05) is 23.0 Å². The number of carbonyl (C=O) groups excluding carboxylic acids is 1. The maximum atomic E-state index is 12.0. The second-order valence-electron chi connectivity index (χ2n) is 8.35. The minimum atomic E-state index is -0.353. The summed E-state index contributed by atoms with van der Waals surface area (Å²) in [5.41, 5.74) is 2.97. The second-order valence-corrected chi connectivity index (χ2v) is 8.35. The van der Waals surface area contributed by atoms with Crippen LogP contribution in [0.3, 0.4) is 0 Å². The molecular weight excluding hydrogens is 340 g/mol. The highest BCUT2D eigenvalue weighted by Gasteiger charge is 2.29. The summed E-state index contributed by atoms with van der Waals surface area (Å²) in [5, 5.41) is 11.8. The van der Waals surface area contributed by atoms with Crippen molar-refractivity contribution in [3.8, 4) is 0 Å². The molecule has 2 atom stereocenters. The van der Waals surface area contributed by atoms with Crippen LogP contribution in [0.1, 0.15) is 63.0 Å². The molecule has 3 fully saturated rings. The number of carbonyl (C=O) groups is 1. The molecule has 144 valence electrons. The Hall–Kier alpha value is -2.08. The zero-order valence-electron chi connectivity index (χ0n) is 15.7. The molecule has 3 aliphatic rings. The molecule has 6 nitrogen and oxygen atoms in total. The average Bonchev–Trinajstić information content (AvgIpc) is 3.43. The van der Waals surface area contributed by atoms with Crippen molar-refractivity contribution in [1.82, 2.24) is 15.1 Å². The number of nitrogens with one attached hydrogen (secondary N) is 2. The standard InChI is InChI=1S/C21H28N4O2/c26-21(27-17-7-8-17)22-15-5-9-19-18(13-15)20(24-23-19)14-4-6-16-3-1-2-11-25(16)12-10-14/h5,9,13-14,16-17H,1-4,6-8,10-12H2,(H,22,26)(H,23,24). The predicted molar refractivity (Wildman–Crippen MR) is 105 cm³/mol. The number of aromatic nitrogens is 2. The normalized spacial score (nSPS) is 26.4. The summed E-state index contributed by atoms with van der Waals surface area (Å²) in [6, 6.07) is 6.72. The van der Waals surface area contributed by atoms with Gasteiger partial charge in [-0.05, 0) is 76.2 Å². The van der Waals surface area contributed by atoms with Gasteiger partial charge in [0.15, 0.2) is 0 Å². The van der Waals surface area contributed by atoms with Crippen LogP contribution in [0, 0.1) is 0 Å². The van der Waals surface area contributed by atoms with Gasteiger partial charge in [0.05, 0.1) is 11.2 Å². The molecule has 5 rings (SSSR count). The van der Waals surface area contributed by atoms with Crippen LogP contribution in [0.2, 0.25) is 0 Å². The summed E-state index contributed by atoms with van der Waals surface area (Å²) in [6.45, 7) is 2.44. The van der Waals surface area contributed by atoms with Crippen LogP contribution in [0.15, 0.2) is 18.2 Å². The van der Waals surface area contributed by atoms with Gasteiger partial charge in [0.25, 0.3) is 0 Å². The molecule has 27 heavy (non-hydrogen) atoms. The summed E-state index contributed by atoms with van der Waals surface area (Å²) >= 11 is 0. The molecule has 2 unspecified atom stereocenters. The molecule has 2 saturated heterocycles. The van der Waals surface area contributed by atoms with Crippen LogP contribution in [0.4, 0.5) is 10.5 Å². The highest BCUT2D eigenvalue weighted by molar-refractivity contribution is 5.91. The first-order valence-electron chi connectivity index (χ1n) is 10.5. The van der Waals surface area contributed by atoms with Crippen molar-refractivity contribution >= 4 is 22.7 Å². The van der Waals surface area contributed by atoms with E-state index in [1.807, 2.05) is 18.2 Å². The number of amides is 1. The van der Waals surface area contributed by atoms with E-state index in [1.165, 1.54) is 45.2 Å². The van der Waals surface area contributed by atoms with E-state index < -0.39 is 0 Å². The van der Waals surface area contributed by atoms with Crippen LogP contribution in [-0.2, 0) is 4.74 Å². The number of anilines is 1. The summed E-state index contributed by atoms with van der Waals surface area (Å²) in [5.74, 6) is 0.484. The molecule has 2 N–H and O–H groups in total. The Morgan fingerprint density at radius 3 is 2.93 bits per heavy atom. The Morgan fingerprint density at radius 1 is 1.11 bits per heavy atom. The van der Waals surface area contributed by atoms with Crippen LogP contribution >= 0.6 is 0 Å². The van der Waals surface area contributed by atoms with E-state index in [9.17, 15) is 4.79 Å². The van der Waals surface area contributed by atoms with Crippen molar-refractivity contribution in [2.45, 2.75) is 69.4 Å². The summed E-state index contributed by atoms with van der Waals surface area (Å²) < 4.78 is 5.30. The number of aromatic amines is 1. The first-order valence-corrected chi connectivity index (χ1v) is 10.5. The van der Waals surface area contributed by atoms with Crippen molar-refractivity contribution in [2.24, 2.45) is 0 Å². The van der Waals surface area contributed by atoms with Gasteiger partial charge in [0.2, 0.25) is 0 Å². The number of hydrogen-bond donors (Lipinski definition) is 2. The van der Waals surface area contributed by atoms with Gasteiger partial charge in [-0.15, -0.1) is 0 Å². The van der Waals surface area contributed by atoms with Crippen LogP contribution < -0.4 is 5.32 Å². The molecule has 1 saturated carbocycles. The van der Waals surface area contributed by atoms with Crippen molar-refractivity contribution < 1.29 is 9.53 Å². The van der Waals surface area contributed by atoms with Gasteiger partial charge >= 0.3 is 6.09 Å². The fraction of sp³-hybridized carbons (Fsp3) is 0.619. The zero-order chi connectivity index (χ0) is 18.2. The maximum Gasteiger partial charge on any atom is 0.411 e. The molecule has 1 aromatic heterocycles. The fourth-order valence-corrected chi connectivity index (χ4v) is 4.72. The van der Waals surface area contributed by atoms with Gasteiger partial charge in [-0.25, -0.2) is 4.79 Å². The van der Waals surface area contributed by atoms with E-state index in [4.69, 9.17) is 4.74 Å². The van der Waals surface area contributed by atoms with Gasteiger partial charge in [-0.1, -0.05) is 6.42 Å². The quantitative estimate of drug-likeness (QED) is 0.843. The lowest BCUT2D eigenvalue weighted by Crippen LogP contribution is -2.38. The number of benzene rings is 1. The molecule has 1 amide bonds. The molecule has 1 aliphatic carbocycles. The van der Waals surface area contributed by atoms with E-state index >= 15 is 0 Å². The molecule has 0 spiro atoms. The first kappa shape index (κ1) is 17.0. The van der Waals surface area contributed by atoms with Gasteiger partial charge in [-0.2, -0.15) is 5.10 Å². The number of H-pyrrole nitrogens is 1. The van der Waals surface area contributed by atoms with Gasteiger partial charge in [0.1, 0.15) is 6.10 Å². The highest BCUT2D eigenvalue weighted by Crippen LogP contribution is 2.36. The van der Waals surface area contributed by atoms with E-state index in [2.05, 4.69) is 20.4 Å². The Balaban J connectivity index is 1.34. The van der Waals surface area contributed by atoms with Crippen LogP contribution in [-0.4, -0.2) is 46.4 Å². The van der Waals surface area contributed by atoms with E-state index in [0.29, 0.717) is 5.92 Å². The third-order valence-electron chi connectivity index (χ3n) is 6.39. The lowest BCUT2D eigenvalue weighted by atomic mass is 9.92. The Bertz CT molecular complexity index is 813. The summed E-state index contributed by atoms with van der Waals surface area (Å²) in [4.78, 5) is 14.6. The monoisotopic (exact) mass is 368 g/mol. The third-order valence-corrected chi connectivity index (χ3v) is 6.39. The molecule has 0 bridgehead atoms. The van der Waals surface area contributed by atoms with Crippen LogP contribution in [0.25, 0.3) is 10.9 Å². The van der Waals surface area contributed by atoms with Crippen LogP contribution in [0.5, 0.6) is 0 Å². The number of rotatable bonds is 3. The maximum absolute atomic E-state index is 12.0. The Morgan fingerprint density at radius 2 is 2.04 bits per heavy atom. The number of piperidine rings is 1. The van der Waals surface area contributed by atoms with Crippen molar-refractivity contribution in [3.05, 3.63) is 23.9 Å². The Kier molecular flexibility index (Phi) is 4.52. The number of fused-ring (bicyclic) bond motifs is 2. The smallest absolute Gasteiger partial charge is 0.411 e. The van der Waals surface area contributed by atoms with Crippen molar-refractivity contribution in [1.29, 1.82) is 0 Å². The van der Waals surface area contributed by atoms with Gasteiger partial charge < -0.3 is 9.64 Å². The average molecular weight is 368 g/mol. The molecule has 1 aromatic carbocycles. The Labute approximate surface area is 159 Å². The van der Waals surface area contributed by atoms with E-state index in [1.54, 1.807) is 0 Å². The minimum Gasteiger partial charge on any atom is -0.446 e. The molecule has 2 aliphatic heterocycles. The minimum absolute atomic E-state index is 0.114. The second kappa shape index (κ2) is 7.15. The molecule has 6 heteroatoms. The SMILES string of the molecule is O=C(Nc1ccc2[nH]nc(C3CCC4CCCCN4CC3)c2c1)OC1CC1. The van der Waals surface area contributed by atoms with E-state index in [-0.39, 0.29) is 12.2 Å². The number of nitrogens with zero attached hydrogens (tertiary/aromatic N) is 2. The van der Waals surface area contributed by atoms with Gasteiger partial charge in [-0.3, -0.25) is 10.4 Å². The fourth-order valence-electron chi connectivity index (χ4n) is 4.72. The van der Waals surface area contributed by atoms with E-state index in [0.717, 1.165) is 47.6 Å². The lowest BCUT2D eigenvalue weighted by Gasteiger charge is -2.33. The molecule has 0 radical (unpaired) electrons. The highest BCUT2D eigenvalue weighted by atomic mass is 16.6. The number of hydrogen-bond acceptors (Lipinski definition) is 4. The van der Waals surface area contributed by atoms with Crippen molar-refractivity contribution in [3.63, 3.8) is 0 Å². The molecule has 2 aromatic rings. The lowest BCUT2D eigenvalue weighted by molar-refractivity contribution is 0.151. The molecular formula is C21H28N4O2. The summed E-state index contributed by atoms with van der Waals surface area (Å²) in [7, 11) is 0. The molecule has 3 heterocycles. The zero-order valence-corrected chi connectivity index (χ0v) is 15.7. The number of ether oxygens (including phenoxy) is 1. The topological polar surface area (TPSA) is 70.2 Å². The third kappa shape index (κ3) is 3.68. The first-order chi connectivity index (χ1) is 13.3.